The Morgan fingerprint density at radius 2 is 1.68 bits per heavy atom. The fourth-order valence-corrected chi connectivity index (χ4v) is 3.85. The molecule has 4 heteroatoms. The van der Waals surface area contributed by atoms with E-state index >= 15 is 0 Å². The van der Waals surface area contributed by atoms with Crippen molar-refractivity contribution in [1.29, 1.82) is 0 Å². The van der Waals surface area contributed by atoms with Crippen molar-refractivity contribution < 1.29 is 4.79 Å². The van der Waals surface area contributed by atoms with Crippen LogP contribution in [0.15, 0.2) is 54.6 Å². The molecule has 2 aromatic rings. The minimum absolute atomic E-state index is 0.0410. The Labute approximate surface area is 154 Å². The molecular weight excluding hydrogens is 332 g/mol. The molecule has 0 aromatic heterocycles. The van der Waals surface area contributed by atoms with Gasteiger partial charge in [-0.1, -0.05) is 60.1 Å². The number of hydrogen-bond donors (Lipinski definition) is 2. The third-order valence-corrected chi connectivity index (χ3v) is 5.35. The van der Waals surface area contributed by atoms with Gasteiger partial charge in [-0.15, -0.1) is 0 Å². The Kier molecular flexibility index (Phi) is 6.11. The highest BCUT2D eigenvalue weighted by atomic mass is 35.5. The van der Waals surface area contributed by atoms with E-state index in [1.807, 2.05) is 42.5 Å². The van der Waals surface area contributed by atoms with Gasteiger partial charge in [0.2, 0.25) is 5.91 Å². The summed E-state index contributed by atoms with van der Waals surface area (Å²) in [6.07, 6.45) is 4.30. The maximum atomic E-state index is 12.7. The lowest BCUT2D eigenvalue weighted by Crippen LogP contribution is -2.40. The second-order valence-electron chi connectivity index (χ2n) is 6.87. The standard InChI is InChI=1S/C21H25ClN2O/c22-20-9-5-4-8-18(20)19(15-6-2-1-3-7-15)14-21(25)24-17-12-10-16(23)11-13-17/h1-9,16-17,19H,10-14,23H2,(H,24,25)/t16?,17?,19-/m1/s1. The molecule has 3 N–H and O–H groups in total. The zero-order chi connectivity index (χ0) is 17.6. The fourth-order valence-electron chi connectivity index (χ4n) is 3.59. The predicted octanol–water partition coefficient (Wildman–Crippen LogP) is 4.25. The van der Waals surface area contributed by atoms with Gasteiger partial charge >= 0.3 is 0 Å². The average molecular weight is 357 g/mol. The zero-order valence-electron chi connectivity index (χ0n) is 14.3. The summed E-state index contributed by atoms with van der Waals surface area (Å²) in [5, 5.41) is 3.89. The molecule has 0 radical (unpaired) electrons. The summed E-state index contributed by atoms with van der Waals surface area (Å²) in [4.78, 5) is 12.7. The van der Waals surface area contributed by atoms with E-state index in [-0.39, 0.29) is 23.9 Å². The van der Waals surface area contributed by atoms with Crippen LogP contribution in [0.4, 0.5) is 0 Å². The maximum absolute atomic E-state index is 12.7. The van der Waals surface area contributed by atoms with Gasteiger partial charge < -0.3 is 11.1 Å². The van der Waals surface area contributed by atoms with Crippen molar-refractivity contribution in [2.24, 2.45) is 5.73 Å². The maximum Gasteiger partial charge on any atom is 0.221 e. The number of benzene rings is 2. The number of nitrogens with one attached hydrogen (secondary N) is 1. The van der Waals surface area contributed by atoms with Gasteiger partial charge in [-0.2, -0.15) is 0 Å². The van der Waals surface area contributed by atoms with Gasteiger partial charge in [-0.3, -0.25) is 4.79 Å². The van der Waals surface area contributed by atoms with Crippen molar-refractivity contribution in [2.75, 3.05) is 0 Å². The van der Waals surface area contributed by atoms with E-state index in [9.17, 15) is 4.79 Å². The van der Waals surface area contributed by atoms with Gasteiger partial charge in [0.25, 0.3) is 0 Å². The van der Waals surface area contributed by atoms with Crippen molar-refractivity contribution in [3.05, 3.63) is 70.7 Å². The molecule has 0 heterocycles. The summed E-state index contributed by atoms with van der Waals surface area (Å²) in [5.74, 6) is 0.0370. The number of nitrogens with two attached hydrogens (primary N) is 1. The van der Waals surface area contributed by atoms with Crippen LogP contribution in [0.5, 0.6) is 0 Å². The van der Waals surface area contributed by atoms with Crippen LogP contribution in [0.3, 0.4) is 0 Å². The molecule has 1 aliphatic carbocycles. The van der Waals surface area contributed by atoms with Gasteiger partial charge in [0.15, 0.2) is 0 Å². The topological polar surface area (TPSA) is 55.1 Å². The minimum atomic E-state index is -0.0410. The van der Waals surface area contributed by atoms with Crippen LogP contribution >= 0.6 is 11.6 Å². The lowest BCUT2D eigenvalue weighted by Gasteiger charge is -2.27. The summed E-state index contributed by atoms with van der Waals surface area (Å²) < 4.78 is 0. The summed E-state index contributed by atoms with van der Waals surface area (Å²) in [5.41, 5.74) is 8.05. The molecule has 2 aromatic carbocycles. The van der Waals surface area contributed by atoms with E-state index in [0.717, 1.165) is 36.8 Å². The van der Waals surface area contributed by atoms with Gasteiger partial charge in [0, 0.05) is 29.4 Å². The van der Waals surface area contributed by atoms with Crippen molar-refractivity contribution in [1.82, 2.24) is 5.32 Å². The number of rotatable bonds is 5. The molecule has 0 saturated heterocycles. The first-order valence-electron chi connectivity index (χ1n) is 8.98. The first-order valence-corrected chi connectivity index (χ1v) is 9.35. The molecule has 3 nitrogen and oxygen atoms in total. The first-order chi connectivity index (χ1) is 12.1. The van der Waals surface area contributed by atoms with E-state index in [2.05, 4.69) is 17.4 Å². The van der Waals surface area contributed by atoms with Crippen LogP contribution in [0.25, 0.3) is 0 Å². The Bertz CT molecular complexity index is 696. The van der Waals surface area contributed by atoms with Crippen molar-refractivity contribution in [3.63, 3.8) is 0 Å². The Morgan fingerprint density at radius 1 is 1.04 bits per heavy atom. The Hall–Kier alpha value is -1.84. The molecule has 1 saturated carbocycles. The molecule has 0 bridgehead atoms. The summed E-state index contributed by atoms with van der Waals surface area (Å²) in [7, 11) is 0. The van der Waals surface area contributed by atoms with E-state index < -0.39 is 0 Å². The molecule has 25 heavy (non-hydrogen) atoms. The molecule has 3 rings (SSSR count). The number of hydrogen-bond acceptors (Lipinski definition) is 2. The molecule has 1 amide bonds. The highest BCUT2D eigenvalue weighted by molar-refractivity contribution is 6.31. The lowest BCUT2D eigenvalue weighted by atomic mass is 9.87. The van der Waals surface area contributed by atoms with Crippen LogP contribution in [-0.2, 0) is 4.79 Å². The second-order valence-corrected chi connectivity index (χ2v) is 7.28. The Morgan fingerprint density at radius 3 is 2.36 bits per heavy atom. The van der Waals surface area contributed by atoms with E-state index in [1.54, 1.807) is 0 Å². The Balaban J connectivity index is 1.74. The van der Waals surface area contributed by atoms with Crippen molar-refractivity contribution >= 4 is 17.5 Å². The molecule has 0 unspecified atom stereocenters. The quantitative estimate of drug-likeness (QED) is 0.841. The molecule has 0 aliphatic heterocycles. The van der Waals surface area contributed by atoms with Crippen LogP contribution in [-0.4, -0.2) is 18.0 Å². The number of halogens is 1. The van der Waals surface area contributed by atoms with Crippen LogP contribution < -0.4 is 11.1 Å². The normalized spacial score (nSPS) is 21.5. The van der Waals surface area contributed by atoms with Gasteiger partial charge in [-0.25, -0.2) is 0 Å². The predicted molar refractivity (Wildman–Crippen MR) is 103 cm³/mol. The summed E-state index contributed by atoms with van der Waals surface area (Å²) in [6, 6.07) is 18.4. The highest BCUT2D eigenvalue weighted by Gasteiger charge is 2.24. The van der Waals surface area contributed by atoms with Gasteiger partial charge in [0.1, 0.15) is 0 Å². The van der Waals surface area contributed by atoms with E-state index in [4.69, 9.17) is 17.3 Å². The summed E-state index contributed by atoms with van der Waals surface area (Å²) >= 11 is 6.41. The number of carbonyl (C=O) groups excluding carboxylic acids is 1. The lowest BCUT2D eigenvalue weighted by molar-refractivity contribution is -0.122. The number of amides is 1. The smallest absolute Gasteiger partial charge is 0.221 e. The number of carbonyl (C=O) groups is 1. The molecular formula is C21H25ClN2O. The monoisotopic (exact) mass is 356 g/mol. The third kappa shape index (κ3) is 4.83. The molecule has 1 aliphatic rings. The highest BCUT2D eigenvalue weighted by Crippen LogP contribution is 2.33. The molecule has 0 spiro atoms. The van der Waals surface area contributed by atoms with Gasteiger partial charge in [-0.05, 0) is 42.9 Å². The van der Waals surface area contributed by atoms with Crippen LogP contribution in [0.1, 0.15) is 49.1 Å². The SMILES string of the molecule is NC1CCC(NC(=O)C[C@H](c2ccccc2)c2ccccc2Cl)CC1. The van der Waals surface area contributed by atoms with Crippen LogP contribution in [0.2, 0.25) is 5.02 Å². The summed E-state index contributed by atoms with van der Waals surface area (Å²) in [6.45, 7) is 0. The van der Waals surface area contributed by atoms with Crippen molar-refractivity contribution in [2.45, 2.75) is 50.1 Å². The molecule has 132 valence electrons. The molecule has 1 atom stereocenters. The van der Waals surface area contributed by atoms with E-state index in [1.165, 1.54) is 0 Å². The second kappa shape index (κ2) is 8.50. The van der Waals surface area contributed by atoms with Crippen molar-refractivity contribution in [3.8, 4) is 0 Å². The largest absolute Gasteiger partial charge is 0.353 e. The fraction of sp³-hybridized carbons (Fsp3) is 0.381. The minimum Gasteiger partial charge on any atom is -0.353 e. The molecule has 1 fully saturated rings. The van der Waals surface area contributed by atoms with Gasteiger partial charge in [0.05, 0.1) is 0 Å². The third-order valence-electron chi connectivity index (χ3n) is 5.01. The average Bonchev–Trinajstić information content (AvgIpc) is 2.63. The first kappa shape index (κ1) is 18.0. The zero-order valence-corrected chi connectivity index (χ0v) is 15.1. The van der Waals surface area contributed by atoms with E-state index in [0.29, 0.717) is 11.4 Å². The van der Waals surface area contributed by atoms with Crippen LogP contribution in [0, 0.1) is 0 Å².